The average Bonchev–Trinajstić information content (AvgIpc) is 3.09. The fourth-order valence-electron chi connectivity index (χ4n) is 2.26. The van der Waals surface area contributed by atoms with Crippen molar-refractivity contribution in [2.75, 3.05) is 5.43 Å². The molecule has 0 fully saturated rings. The number of fused-ring (bicyclic) bond motifs is 1. The third kappa shape index (κ3) is 3.22. The molecule has 2 aromatic carbocycles. The van der Waals surface area contributed by atoms with Crippen LogP contribution in [0.5, 0.6) is 0 Å². The van der Waals surface area contributed by atoms with Crippen LogP contribution in [0.4, 0.5) is 11.4 Å². The van der Waals surface area contributed by atoms with Crippen molar-refractivity contribution in [2.24, 2.45) is 4.99 Å². The van der Waals surface area contributed by atoms with Crippen LogP contribution in [0.2, 0.25) is 5.02 Å². The summed E-state index contributed by atoms with van der Waals surface area (Å²) in [4.78, 5) is 4.57. The average molecular weight is 357 g/mol. The van der Waals surface area contributed by atoms with Gasteiger partial charge in [-0.25, -0.2) is 9.67 Å². The number of para-hydroxylation sites is 2. The summed E-state index contributed by atoms with van der Waals surface area (Å²) in [5, 5.41) is 9.81. The van der Waals surface area contributed by atoms with Gasteiger partial charge in [0.1, 0.15) is 0 Å². The number of hydrogen-bond acceptors (Lipinski definition) is 6. The molecule has 120 valence electrons. The van der Waals surface area contributed by atoms with Gasteiger partial charge in [0, 0.05) is 10.8 Å². The van der Waals surface area contributed by atoms with Crippen LogP contribution in [0.1, 0.15) is 5.69 Å². The first-order valence-corrected chi connectivity index (χ1v) is 8.64. The van der Waals surface area contributed by atoms with Gasteiger partial charge >= 0.3 is 0 Å². The maximum absolute atomic E-state index is 6.01. The Morgan fingerprint density at radius 2 is 2.00 bits per heavy atom. The first kappa shape index (κ1) is 15.0. The van der Waals surface area contributed by atoms with Crippen LogP contribution in [0.3, 0.4) is 0 Å². The maximum Gasteiger partial charge on any atom is 0.181 e. The van der Waals surface area contributed by atoms with Crippen LogP contribution in [-0.4, -0.2) is 20.2 Å². The van der Waals surface area contributed by atoms with Gasteiger partial charge in [0.2, 0.25) is 0 Å². The van der Waals surface area contributed by atoms with E-state index in [9.17, 15) is 0 Å². The van der Waals surface area contributed by atoms with Crippen molar-refractivity contribution in [3.05, 3.63) is 65.4 Å². The van der Waals surface area contributed by atoms with Gasteiger partial charge in [-0.1, -0.05) is 46.8 Å². The molecular formula is C16H13ClN6S. The largest absolute Gasteiger partial charge is 0.297 e. The molecule has 0 aliphatic carbocycles. The second-order valence-electron chi connectivity index (χ2n) is 5.11. The fraction of sp³-hybridized carbons (Fsp3) is 0.0625. The lowest BCUT2D eigenvalue weighted by molar-refractivity contribution is 0.800. The molecule has 0 amide bonds. The predicted molar refractivity (Wildman–Crippen MR) is 98.0 cm³/mol. The van der Waals surface area contributed by atoms with E-state index in [2.05, 4.69) is 26.2 Å². The molecular weight excluding hydrogens is 344 g/mol. The molecule has 0 bridgehead atoms. The van der Waals surface area contributed by atoms with E-state index in [4.69, 9.17) is 11.6 Å². The lowest BCUT2D eigenvalue weighted by atomic mass is 10.3. The van der Waals surface area contributed by atoms with E-state index < -0.39 is 0 Å². The quantitative estimate of drug-likeness (QED) is 0.747. The van der Waals surface area contributed by atoms with Crippen LogP contribution in [-0.2, 0) is 5.75 Å². The molecule has 0 atom stereocenters. The number of amidine groups is 1. The standard InChI is InChI=1S/C16H13ClN6S/c17-11-4-3-5-13(8-11)23-9-12(19-22-23)10-24-16-18-14-6-1-2-7-15(14)20-21-16/h1-9,20H,10H2,(H,18,21). The van der Waals surface area contributed by atoms with E-state index in [0.717, 1.165) is 27.9 Å². The molecule has 4 rings (SSSR count). The minimum atomic E-state index is 0.663. The third-order valence-electron chi connectivity index (χ3n) is 3.40. The van der Waals surface area contributed by atoms with Crippen molar-refractivity contribution in [2.45, 2.75) is 5.75 Å². The molecule has 1 aromatic heterocycles. The number of nitrogens with zero attached hydrogens (tertiary/aromatic N) is 4. The van der Waals surface area contributed by atoms with E-state index in [-0.39, 0.29) is 0 Å². The number of hydrazine groups is 1. The summed E-state index contributed by atoms with van der Waals surface area (Å²) in [5.41, 5.74) is 9.84. The highest BCUT2D eigenvalue weighted by Crippen LogP contribution is 2.28. The summed E-state index contributed by atoms with van der Waals surface area (Å²) >= 11 is 7.57. The first-order valence-electron chi connectivity index (χ1n) is 7.28. The number of rotatable bonds is 3. The number of halogens is 1. The lowest BCUT2D eigenvalue weighted by Gasteiger charge is -2.18. The molecule has 0 saturated carbocycles. The van der Waals surface area contributed by atoms with Gasteiger partial charge in [-0.05, 0) is 30.3 Å². The van der Waals surface area contributed by atoms with Crippen LogP contribution in [0.25, 0.3) is 5.69 Å². The highest BCUT2D eigenvalue weighted by atomic mass is 35.5. The van der Waals surface area contributed by atoms with E-state index in [1.807, 2.05) is 54.7 Å². The molecule has 0 spiro atoms. The zero-order chi connectivity index (χ0) is 16.4. The second-order valence-corrected chi connectivity index (χ2v) is 6.51. The summed E-state index contributed by atoms with van der Waals surface area (Å²) in [6, 6.07) is 15.4. The highest BCUT2D eigenvalue weighted by Gasteiger charge is 2.11. The minimum absolute atomic E-state index is 0.663. The molecule has 3 aromatic rings. The number of anilines is 1. The molecule has 6 nitrogen and oxygen atoms in total. The van der Waals surface area contributed by atoms with E-state index >= 15 is 0 Å². The Morgan fingerprint density at radius 1 is 1.08 bits per heavy atom. The number of benzene rings is 2. The molecule has 2 N–H and O–H groups in total. The zero-order valence-electron chi connectivity index (χ0n) is 12.5. The fourth-order valence-corrected chi connectivity index (χ4v) is 3.14. The molecule has 24 heavy (non-hydrogen) atoms. The summed E-state index contributed by atoms with van der Waals surface area (Å²) < 4.78 is 1.71. The number of nitrogens with one attached hydrogen (secondary N) is 2. The summed E-state index contributed by atoms with van der Waals surface area (Å²) in [6.07, 6.45) is 1.89. The number of aliphatic imine (C=N–C) groups is 1. The smallest absolute Gasteiger partial charge is 0.181 e. The monoisotopic (exact) mass is 356 g/mol. The Balaban J connectivity index is 1.45. The van der Waals surface area contributed by atoms with Gasteiger partial charge in [-0.3, -0.25) is 10.9 Å². The van der Waals surface area contributed by atoms with Crippen molar-refractivity contribution >= 4 is 39.9 Å². The van der Waals surface area contributed by atoms with Gasteiger partial charge in [0.25, 0.3) is 0 Å². The highest BCUT2D eigenvalue weighted by molar-refractivity contribution is 8.13. The number of thioether (sulfide) groups is 1. The van der Waals surface area contributed by atoms with Crippen LogP contribution >= 0.6 is 23.4 Å². The number of hydrogen-bond donors (Lipinski definition) is 2. The Kier molecular flexibility index (Phi) is 4.10. The number of aromatic nitrogens is 3. The van der Waals surface area contributed by atoms with Crippen LogP contribution < -0.4 is 10.9 Å². The van der Waals surface area contributed by atoms with Crippen molar-refractivity contribution < 1.29 is 0 Å². The van der Waals surface area contributed by atoms with Crippen molar-refractivity contribution in [1.82, 2.24) is 20.4 Å². The van der Waals surface area contributed by atoms with Crippen molar-refractivity contribution in [1.29, 1.82) is 0 Å². The van der Waals surface area contributed by atoms with Crippen molar-refractivity contribution in [3.8, 4) is 5.69 Å². The molecule has 0 radical (unpaired) electrons. The third-order valence-corrected chi connectivity index (χ3v) is 4.54. The van der Waals surface area contributed by atoms with Crippen molar-refractivity contribution in [3.63, 3.8) is 0 Å². The first-order chi connectivity index (χ1) is 11.8. The second kappa shape index (κ2) is 6.54. The normalized spacial score (nSPS) is 12.8. The topological polar surface area (TPSA) is 67.1 Å². The lowest BCUT2D eigenvalue weighted by Crippen LogP contribution is -2.29. The Morgan fingerprint density at radius 3 is 2.92 bits per heavy atom. The summed E-state index contributed by atoms with van der Waals surface area (Å²) in [6.45, 7) is 0. The predicted octanol–water partition coefficient (Wildman–Crippen LogP) is 3.77. The van der Waals surface area contributed by atoms with Crippen LogP contribution in [0, 0.1) is 0 Å². The Bertz CT molecular complexity index is 907. The molecule has 0 saturated heterocycles. The molecule has 1 aliphatic rings. The molecule has 8 heteroatoms. The van der Waals surface area contributed by atoms with Gasteiger partial charge in [0.05, 0.1) is 29.0 Å². The van der Waals surface area contributed by atoms with Gasteiger partial charge < -0.3 is 0 Å². The minimum Gasteiger partial charge on any atom is -0.297 e. The van der Waals surface area contributed by atoms with E-state index in [1.165, 1.54) is 0 Å². The SMILES string of the molecule is Clc1cccc(-n2cc(CSC3=Nc4ccccc4NN3)nn2)c1. The Labute approximate surface area is 147 Å². The zero-order valence-corrected chi connectivity index (χ0v) is 14.1. The van der Waals surface area contributed by atoms with Gasteiger partial charge in [-0.2, -0.15) is 0 Å². The summed E-state index contributed by atoms with van der Waals surface area (Å²) in [5.74, 6) is 0.663. The van der Waals surface area contributed by atoms with Gasteiger partial charge in [0.15, 0.2) is 5.17 Å². The van der Waals surface area contributed by atoms with Gasteiger partial charge in [-0.15, -0.1) is 5.10 Å². The van der Waals surface area contributed by atoms with Crippen LogP contribution in [0.15, 0.2) is 59.7 Å². The maximum atomic E-state index is 6.01. The van der Waals surface area contributed by atoms with E-state index in [1.54, 1.807) is 16.4 Å². The Hall–Kier alpha value is -2.51. The molecule has 1 aliphatic heterocycles. The van der Waals surface area contributed by atoms with E-state index in [0.29, 0.717) is 10.8 Å². The summed E-state index contributed by atoms with van der Waals surface area (Å²) in [7, 11) is 0. The molecule has 2 heterocycles. The molecule has 0 unspecified atom stereocenters.